The molecular weight excluding hydrogens is 440 g/mol. The molecule has 1 saturated carbocycles. The van der Waals surface area contributed by atoms with Gasteiger partial charge in [0, 0.05) is 18.5 Å². The van der Waals surface area contributed by atoms with E-state index < -0.39 is 12.1 Å². The Labute approximate surface area is 204 Å². The van der Waals surface area contributed by atoms with E-state index in [-0.39, 0.29) is 11.5 Å². The van der Waals surface area contributed by atoms with Gasteiger partial charge in [0.25, 0.3) is 0 Å². The van der Waals surface area contributed by atoms with E-state index in [1.54, 1.807) is 18.2 Å². The van der Waals surface area contributed by atoms with Gasteiger partial charge in [0.2, 0.25) is 0 Å². The number of pyridine rings is 1. The van der Waals surface area contributed by atoms with Crippen molar-refractivity contribution in [1.82, 2.24) is 9.38 Å². The maximum absolute atomic E-state index is 12.6. The van der Waals surface area contributed by atoms with Crippen molar-refractivity contribution in [3.8, 4) is 11.1 Å². The molecule has 1 unspecified atom stereocenters. The summed E-state index contributed by atoms with van der Waals surface area (Å²) in [6.07, 6.45) is 4.83. The number of carbonyl (C=O) groups is 2. The lowest BCUT2D eigenvalue weighted by Crippen LogP contribution is -2.15. The van der Waals surface area contributed by atoms with Crippen LogP contribution in [0.1, 0.15) is 77.5 Å². The minimum Gasteiger partial charge on any atom is -0.478 e. The van der Waals surface area contributed by atoms with Crippen molar-refractivity contribution in [2.75, 3.05) is 0 Å². The lowest BCUT2D eigenvalue weighted by atomic mass is 9.96. The predicted molar refractivity (Wildman–Crippen MR) is 134 cm³/mol. The Balaban J connectivity index is 1.58. The van der Waals surface area contributed by atoms with Crippen molar-refractivity contribution in [2.45, 2.75) is 51.6 Å². The molecule has 2 aromatic heterocycles. The third-order valence-corrected chi connectivity index (χ3v) is 6.51. The molecule has 35 heavy (non-hydrogen) atoms. The van der Waals surface area contributed by atoms with Crippen LogP contribution in [0.15, 0.2) is 66.9 Å². The highest BCUT2D eigenvalue weighted by molar-refractivity contribution is 5.96. The van der Waals surface area contributed by atoms with Crippen LogP contribution in [0.2, 0.25) is 0 Å². The summed E-state index contributed by atoms with van der Waals surface area (Å²) < 4.78 is 8.08. The molecule has 0 spiro atoms. The first kappa shape index (κ1) is 22.8. The van der Waals surface area contributed by atoms with Gasteiger partial charge in [0.15, 0.2) is 6.10 Å². The topological polar surface area (TPSA) is 80.9 Å². The molecule has 1 aliphatic carbocycles. The third-order valence-electron chi connectivity index (χ3n) is 6.51. The van der Waals surface area contributed by atoms with E-state index in [1.165, 1.54) is 0 Å². The number of fused-ring (bicyclic) bond motifs is 1. The Hall–Kier alpha value is -3.93. The van der Waals surface area contributed by atoms with Crippen LogP contribution in [0, 0.1) is 6.92 Å². The molecule has 1 N–H and O–H groups in total. The molecule has 6 heteroatoms. The van der Waals surface area contributed by atoms with Gasteiger partial charge in [-0.1, -0.05) is 55.5 Å². The van der Waals surface area contributed by atoms with Gasteiger partial charge < -0.3 is 9.84 Å². The van der Waals surface area contributed by atoms with Crippen molar-refractivity contribution >= 4 is 17.6 Å². The second-order valence-corrected chi connectivity index (χ2v) is 9.17. The molecule has 0 aliphatic heterocycles. The minimum atomic E-state index is -0.968. The third kappa shape index (κ3) is 4.56. The van der Waals surface area contributed by atoms with Gasteiger partial charge in [0.1, 0.15) is 5.65 Å². The second-order valence-electron chi connectivity index (χ2n) is 9.17. The molecule has 4 aromatic rings. The fourth-order valence-corrected chi connectivity index (χ4v) is 4.48. The molecule has 178 valence electrons. The monoisotopic (exact) mass is 468 g/mol. The van der Waals surface area contributed by atoms with E-state index in [0.29, 0.717) is 24.3 Å². The lowest BCUT2D eigenvalue weighted by molar-refractivity contribution is -0.147. The number of benzene rings is 2. The fraction of sp³-hybridized carbons (Fsp3) is 0.276. The summed E-state index contributed by atoms with van der Waals surface area (Å²) in [5.41, 5.74) is 6.38. The van der Waals surface area contributed by atoms with E-state index in [4.69, 9.17) is 9.72 Å². The number of carboxylic acid groups (broad SMARTS) is 1. The Bertz CT molecular complexity index is 1400. The van der Waals surface area contributed by atoms with Crippen molar-refractivity contribution in [2.24, 2.45) is 0 Å². The van der Waals surface area contributed by atoms with Crippen LogP contribution in [0.3, 0.4) is 0 Å². The van der Waals surface area contributed by atoms with E-state index >= 15 is 0 Å². The van der Waals surface area contributed by atoms with Crippen molar-refractivity contribution in [3.63, 3.8) is 0 Å². The summed E-state index contributed by atoms with van der Waals surface area (Å²) in [6.45, 7) is 3.99. The number of aromatic carboxylic acids is 1. The van der Waals surface area contributed by atoms with E-state index in [1.807, 2.05) is 56.3 Å². The zero-order valence-electron chi connectivity index (χ0n) is 19.9. The smallest absolute Gasteiger partial charge is 0.336 e. The Morgan fingerprint density at radius 2 is 1.83 bits per heavy atom. The number of imidazole rings is 1. The Kier molecular flexibility index (Phi) is 6.12. The molecule has 0 bridgehead atoms. The van der Waals surface area contributed by atoms with Crippen LogP contribution in [0.5, 0.6) is 0 Å². The molecule has 6 nitrogen and oxygen atoms in total. The molecule has 5 rings (SSSR count). The van der Waals surface area contributed by atoms with Gasteiger partial charge >= 0.3 is 11.9 Å². The van der Waals surface area contributed by atoms with Gasteiger partial charge in [-0.15, -0.1) is 0 Å². The number of hydrogen-bond acceptors (Lipinski definition) is 4. The quantitative estimate of drug-likeness (QED) is 0.306. The predicted octanol–water partition coefficient (Wildman–Crippen LogP) is 6.32. The molecular formula is C29H28N2O4. The van der Waals surface area contributed by atoms with Crippen LogP contribution < -0.4 is 0 Å². The number of rotatable bonds is 8. The van der Waals surface area contributed by atoms with Gasteiger partial charge in [-0.25, -0.2) is 9.78 Å². The van der Waals surface area contributed by atoms with Crippen LogP contribution >= 0.6 is 0 Å². The first-order chi connectivity index (χ1) is 17.0. The van der Waals surface area contributed by atoms with Gasteiger partial charge in [-0.3, -0.25) is 9.20 Å². The van der Waals surface area contributed by atoms with Crippen molar-refractivity contribution in [3.05, 3.63) is 94.9 Å². The second kappa shape index (κ2) is 9.37. The SMILES string of the molecule is CCCC(=O)OC(c1ccc(-c2ccccc2C(=O)O)cc1)c1ccc(C)c2nc(C3CC3)cn12. The summed E-state index contributed by atoms with van der Waals surface area (Å²) in [5, 5.41) is 9.57. The number of esters is 1. The minimum absolute atomic E-state index is 0.248. The molecule has 1 fully saturated rings. The average Bonchev–Trinajstić information content (AvgIpc) is 3.61. The largest absolute Gasteiger partial charge is 0.478 e. The molecule has 0 saturated heterocycles. The maximum Gasteiger partial charge on any atom is 0.336 e. The number of aromatic nitrogens is 2. The summed E-state index contributed by atoms with van der Waals surface area (Å²) in [7, 11) is 0. The standard InChI is InChI=1S/C29H28N2O4/c1-3-6-26(32)35-27(25-16-9-18(2)28-30-24(17-31(25)28)20-12-13-20)21-14-10-19(11-15-21)22-7-4-5-8-23(22)29(33)34/h4-5,7-11,14-17,20,27H,3,6,12-13H2,1-2H3,(H,33,34). The number of nitrogens with zero attached hydrogens (tertiary/aromatic N) is 2. The van der Waals surface area contributed by atoms with E-state index in [2.05, 4.69) is 10.6 Å². The first-order valence-electron chi connectivity index (χ1n) is 12.1. The summed E-state index contributed by atoms with van der Waals surface area (Å²) >= 11 is 0. The summed E-state index contributed by atoms with van der Waals surface area (Å²) in [5.74, 6) is -0.712. The van der Waals surface area contributed by atoms with E-state index in [0.717, 1.165) is 46.6 Å². The summed E-state index contributed by atoms with van der Waals surface area (Å²) in [6, 6.07) is 18.5. The number of ether oxygens (including phenoxy) is 1. The van der Waals surface area contributed by atoms with Crippen molar-refractivity contribution < 1.29 is 19.4 Å². The lowest BCUT2D eigenvalue weighted by Gasteiger charge is -2.21. The molecule has 1 atom stereocenters. The van der Waals surface area contributed by atoms with Gasteiger partial charge in [-0.2, -0.15) is 0 Å². The Morgan fingerprint density at radius 1 is 1.09 bits per heavy atom. The highest BCUT2D eigenvalue weighted by atomic mass is 16.5. The molecule has 0 amide bonds. The highest BCUT2D eigenvalue weighted by Gasteiger charge is 2.28. The molecule has 2 aromatic carbocycles. The van der Waals surface area contributed by atoms with Crippen LogP contribution in [-0.2, 0) is 9.53 Å². The highest BCUT2D eigenvalue weighted by Crippen LogP contribution is 2.40. The number of hydrogen-bond donors (Lipinski definition) is 1. The van der Waals surface area contributed by atoms with Crippen LogP contribution in [-0.4, -0.2) is 26.4 Å². The maximum atomic E-state index is 12.6. The first-order valence-corrected chi connectivity index (χ1v) is 12.1. The van der Waals surface area contributed by atoms with Crippen LogP contribution in [0.25, 0.3) is 16.8 Å². The summed E-state index contributed by atoms with van der Waals surface area (Å²) in [4.78, 5) is 29.2. The van der Waals surface area contributed by atoms with Gasteiger partial charge in [-0.05, 0) is 60.6 Å². The number of aryl methyl sites for hydroxylation is 1. The number of carboxylic acids is 1. The van der Waals surface area contributed by atoms with Gasteiger partial charge in [0.05, 0.1) is 17.0 Å². The normalized spacial score (nSPS) is 14.1. The zero-order valence-corrected chi connectivity index (χ0v) is 19.9. The molecule has 1 aliphatic rings. The average molecular weight is 469 g/mol. The van der Waals surface area contributed by atoms with Crippen molar-refractivity contribution in [1.29, 1.82) is 0 Å². The van der Waals surface area contributed by atoms with E-state index in [9.17, 15) is 14.7 Å². The Morgan fingerprint density at radius 3 is 2.51 bits per heavy atom. The van der Waals surface area contributed by atoms with Crippen LogP contribution in [0.4, 0.5) is 0 Å². The molecule has 0 radical (unpaired) electrons. The fourth-order valence-electron chi connectivity index (χ4n) is 4.48. The molecule has 2 heterocycles. The number of carbonyl (C=O) groups excluding carboxylic acids is 1. The zero-order chi connectivity index (χ0) is 24.5.